The van der Waals surface area contributed by atoms with Crippen molar-refractivity contribution in [3.8, 4) is 0 Å². The maximum absolute atomic E-state index is 13.7. The third-order valence-electron chi connectivity index (χ3n) is 5.97. The predicted molar refractivity (Wildman–Crippen MR) is 104 cm³/mol. The predicted octanol–water partition coefficient (Wildman–Crippen LogP) is 3.70. The highest BCUT2D eigenvalue weighted by Crippen LogP contribution is 2.77. The van der Waals surface area contributed by atoms with E-state index < -0.39 is 28.7 Å². The molecule has 0 radical (unpaired) electrons. The molecule has 5 nitrogen and oxygen atoms in total. The van der Waals surface area contributed by atoms with Crippen molar-refractivity contribution < 1.29 is 23.9 Å². The van der Waals surface area contributed by atoms with E-state index in [1.54, 1.807) is 12.1 Å². The van der Waals surface area contributed by atoms with Crippen LogP contribution in [-0.4, -0.2) is 31.9 Å². The number of aryl methyl sites for hydroxylation is 1. The van der Waals surface area contributed by atoms with Crippen LogP contribution in [-0.2, 0) is 19.1 Å². The highest BCUT2D eigenvalue weighted by Gasteiger charge is 2.88. The van der Waals surface area contributed by atoms with Crippen LogP contribution in [0.25, 0.3) is 0 Å². The molecule has 0 aromatic heterocycles. The van der Waals surface area contributed by atoms with E-state index in [4.69, 9.17) is 9.47 Å². The van der Waals surface area contributed by atoms with Gasteiger partial charge in [-0.1, -0.05) is 67.1 Å². The van der Waals surface area contributed by atoms with Gasteiger partial charge in [-0.2, -0.15) is 0 Å². The van der Waals surface area contributed by atoms with E-state index in [1.165, 1.54) is 14.2 Å². The Morgan fingerprint density at radius 3 is 1.89 bits per heavy atom. The number of ketones is 1. The fourth-order valence-electron chi connectivity index (χ4n) is 4.64. The molecular formula is C23H24O5. The molecule has 146 valence electrons. The molecule has 2 atom stereocenters. The van der Waals surface area contributed by atoms with Crippen LogP contribution in [0.4, 0.5) is 0 Å². The highest BCUT2D eigenvalue weighted by atomic mass is 16.5. The molecule has 1 aliphatic rings. The summed E-state index contributed by atoms with van der Waals surface area (Å²) in [6.07, 6.45) is 0.295. The molecule has 0 amide bonds. The number of carbonyl (C=O) groups excluding carboxylic acids is 3. The monoisotopic (exact) mass is 380 g/mol. The summed E-state index contributed by atoms with van der Waals surface area (Å²) in [5.74, 6) is -2.38. The standard InChI is InChI=1S/C23H24O5/c1-5-22(19(24)17-13-11-15(2)12-14-17)18(16-9-7-6-8-10-16)23(22,20(25)27-3)21(26)28-4/h6-14,18H,5H2,1-4H3/t18-,22+/m0/s1. The Balaban J connectivity index is 2.25. The number of hydrogen-bond acceptors (Lipinski definition) is 5. The smallest absolute Gasteiger partial charge is 0.324 e. The maximum Gasteiger partial charge on any atom is 0.324 e. The molecule has 1 fully saturated rings. The van der Waals surface area contributed by atoms with E-state index >= 15 is 0 Å². The molecule has 0 unspecified atom stereocenters. The highest BCUT2D eigenvalue weighted by molar-refractivity contribution is 6.18. The van der Waals surface area contributed by atoms with Crippen LogP contribution in [0.3, 0.4) is 0 Å². The van der Waals surface area contributed by atoms with Gasteiger partial charge in [0.2, 0.25) is 0 Å². The van der Waals surface area contributed by atoms with Gasteiger partial charge in [0.1, 0.15) is 0 Å². The SMILES string of the molecule is CC[C@]1(C(=O)c2ccc(C)cc2)[C@H](c2ccccc2)C1(C(=O)OC)C(=O)OC. The van der Waals surface area contributed by atoms with Crippen molar-refractivity contribution in [1.82, 2.24) is 0 Å². The van der Waals surface area contributed by atoms with Gasteiger partial charge in [-0.25, -0.2) is 0 Å². The van der Waals surface area contributed by atoms with E-state index in [2.05, 4.69) is 0 Å². The van der Waals surface area contributed by atoms with Gasteiger partial charge in [-0.05, 0) is 18.9 Å². The Kier molecular flexibility index (Phi) is 5.11. The Hall–Kier alpha value is -2.95. The van der Waals surface area contributed by atoms with Crippen LogP contribution in [0.1, 0.15) is 40.7 Å². The average molecular weight is 380 g/mol. The van der Waals surface area contributed by atoms with Gasteiger partial charge >= 0.3 is 11.9 Å². The minimum atomic E-state index is -1.70. The number of carbonyl (C=O) groups is 3. The first-order valence-corrected chi connectivity index (χ1v) is 9.25. The molecule has 0 spiro atoms. The molecule has 5 heteroatoms. The maximum atomic E-state index is 13.7. The van der Waals surface area contributed by atoms with E-state index in [0.717, 1.165) is 11.1 Å². The third kappa shape index (κ3) is 2.49. The lowest BCUT2D eigenvalue weighted by Gasteiger charge is -2.20. The number of Topliss-reactive ketones (excluding diaryl/α,β-unsaturated/α-hetero) is 1. The van der Waals surface area contributed by atoms with E-state index in [1.807, 2.05) is 56.3 Å². The van der Waals surface area contributed by atoms with Gasteiger partial charge in [0, 0.05) is 11.5 Å². The Morgan fingerprint density at radius 1 is 0.893 bits per heavy atom. The zero-order valence-electron chi connectivity index (χ0n) is 16.5. The normalized spacial score (nSPS) is 22.2. The van der Waals surface area contributed by atoms with Crippen LogP contribution in [0, 0.1) is 17.8 Å². The van der Waals surface area contributed by atoms with E-state index in [9.17, 15) is 14.4 Å². The average Bonchev–Trinajstić information content (AvgIpc) is 3.38. The number of ether oxygens (including phenoxy) is 2. The fraction of sp³-hybridized carbons (Fsp3) is 0.348. The van der Waals surface area contributed by atoms with Gasteiger partial charge in [-0.3, -0.25) is 14.4 Å². The van der Waals surface area contributed by atoms with Crippen molar-refractivity contribution in [2.24, 2.45) is 10.8 Å². The minimum absolute atomic E-state index is 0.250. The topological polar surface area (TPSA) is 69.7 Å². The lowest BCUT2D eigenvalue weighted by atomic mass is 9.82. The van der Waals surface area contributed by atoms with Crippen LogP contribution in [0.2, 0.25) is 0 Å². The molecule has 28 heavy (non-hydrogen) atoms. The molecule has 1 aliphatic carbocycles. The second-order valence-electron chi connectivity index (χ2n) is 7.15. The first-order valence-electron chi connectivity index (χ1n) is 9.25. The van der Waals surface area contributed by atoms with Crippen molar-refractivity contribution >= 4 is 17.7 Å². The zero-order chi connectivity index (χ0) is 20.5. The first-order chi connectivity index (χ1) is 13.4. The molecule has 0 aliphatic heterocycles. The number of benzene rings is 2. The van der Waals surface area contributed by atoms with Crippen LogP contribution < -0.4 is 0 Å². The van der Waals surface area contributed by atoms with Gasteiger partial charge in [0.25, 0.3) is 0 Å². The summed E-state index contributed by atoms with van der Waals surface area (Å²) in [5, 5.41) is 0. The summed E-state index contributed by atoms with van der Waals surface area (Å²) in [4.78, 5) is 39.6. The Morgan fingerprint density at radius 2 is 1.43 bits per heavy atom. The van der Waals surface area contributed by atoms with Gasteiger partial charge < -0.3 is 9.47 Å². The molecular weight excluding hydrogens is 356 g/mol. The Bertz CT molecular complexity index is 884. The van der Waals surface area contributed by atoms with E-state index in [-0.39, 0.29) is 5.78 Å². The molecule has 0 bridgehead atoms. The molecule has 0 saturated heterocycles. The second kappa shape index (κ2) is 7.23. The Labute approximate surface area is 164 Å². The summed E-state index contributed by atoms with van der Waals surface area (Å²) in [7, 11) is 2.45. The first kappa shape index (κ1) is 19.8. The van der Waals surface area contributed by atoms with Crippen molar-refractivity contribution in [2.75, 3.05) is 14.2 Å². The number of esters is 2. The molecule has 0 N–H and O–H groups in total. The lowest BCUT2D eigenvalue weighted by molar-refractivity contribution is -0.163. The number of rotatable bonds is 6. The van der Waals surface area contributed by atoms with Crippen molar-refractivity contribution in [3.05, 3.63) is 71.3 Å². The largest absolute Gasteiger partial charge is 0.468 e. The quantitative estimate of drug-likeness (QED) is 0.434. The summed E-state index contributed by atoms with van der Waals surface area (Å²) in [6, 6.07) is 16.3. The molecule has 0 heterocycles. The number of methoxy groups -OCH3 is 2. The van der Waals surface area contributed by atoms with Gasteiger partial charge in [-0.15, -0.1) is 0 Å². The van der Waals surface area contributed by atoms with Crippen molar-refractivity contribution in [3.63, 3.8) is 0 Å². The van der Waals surface area contributed by atoms with Crippen LogP contribution >= 0.6 is 0 Å². The van der Waals surface area contributed by atoms with E-state index in [0.29, 0.717) is 12.0 Å². The number of hydrogen-bond donors (Lipinski definition) is 0. The van der Waals surface area contributed by atoms with Crippen LogP contribution in [0.5, 0.6) is 0 Å². The molecule has 2 aromatic carbocycles. The van der Waals surface area contributed by atoms with Gasteiger partial charge in [0.15, 0.2) is 11.2 Å². The summed E-state index contributed by atoms with van der Waals surface area (Å²) < 4.78 is 10.0. The summed E-state index contributed by atoms with van der Waals surface area (Å²) >= 11 is 0. The van der Waals surface area contributed by atoms with Gasteiger partial charge in [0.05, 0.1) is 19.6 Å². The van der Waals surface area contributed by atoms with Crippen molar-refractivity contribution in [1.29, 1.82) is 0 Å². The molecule has 1 saturated carbocycles. The van der Waals surface area contributed by atoms with Crippen LogP contribution in [0.15, 0.2) is 54.6 Å². The minimum Gasteiger partial charge on any atom is -0.468 e. The third-order valence-corrected chi connectivity index (χ3v) is 5.97. The zero-order valence-corrected chi connectivity index (χ0v) is 16.5. The molecule has 2 aromatic rings. The fourth-order valence-corrected chi connectivity index (χ4v) is 4.64. The summed E-state index contributed by atoms with van der Waals surface area (Å²) in [6.45, 7) is 3.75. The lowest BCUT2D eigenvalue weighted by Crippen LogP contribution is -2.37. The summed E-state index contributed by atoms with van der Waals surface area (Å²) in [5.41, 5.74) is -0.744. The van der Waals surface area contributed by atoms with Crippen molar-refractivity contribution in [2.45, 2.75) is 26.2 Å². The second-order valence-corrected chi connectivity index (χ2v) is 7.15. The molecule has 3 rings (SSSR count).